The minimum absolute atomic E-state index is 0.184. The summed E-state index contributed by atoms with van der Waals surface area (Å²) in [5.41, 5.74) is 8.80. The average Bonchev–Trinajstić information content (AvgIpc) is 2.13. The molecule has 4 heteroatoms. The van der Waals surface area contributed by atoms with Crippen LogP contribution in [0.2, 0.25) is 5.02 Å². The van der Waals surface area contributed by atoms with Crippen molar-refractivity contribution in [2.75, 3.05) is 6.54 Å². The smallest absolute Gasteiger partial charge is 0.0880 e. The SMILES string of the molecule is [N-]=[N+]=NCC#Cc1cccc(Cl)c1. The van der Waals surface area contributed by atoms with Crippen molar-refractivity contribution in [3.63, 3.8) is 0 Å². The van der Waals surface area contributed by atoms with Crippen LogP contribution in [0.15, 0.2) is 29.4 Å². The summed E-state index contributed by atoms with van der Waals surface area (Å²) < 4.78 is 0. The van der Waals surface area contributed by atoms with Crippen molar-refractivity contribution in [2.24, 2.45) is 5.11 Å². The fourth-order valence-corrected chi connectivity index (χ4v) is 0.965. The molecule has 0 fully saturated rings. The van der Waals surface area contributed by atoms with Gasteiger partial charge in [0.05, 0.1) is 6.54 Å². The van der Waals surface area contributed by atoms with Crippen LogP contribution in [0.5, 0.6) is 0 Å². The lowest BCUT2D eigenvalue weighted by atomic mass is 10.2. The van der Waals surface area contributed by atoms with Crippen molar-refractivity contribution >= 4 is 11.6 Å². The number of nitrogens with zero attached hydrogens (tertiary/aromatic N) is 3. The standard InChI is InChI=1S/C9H6ClN3/c10-9-5-1-3-8(7-9)4-2-6-12-13-11/h1,3,5,7H,6H2. The Labute approximate surface area is 81.0 Å². The maximum Gasteiger partial charge on any atom is 0.0880 e. The number of hydrogen-bond donors (Lipinski definition) is 0. The molecule has 13 heavy (non-hydrogen) atoms. The van der Waals surface area contributed by atoms with E-state index in [1.165, 1.54) is 0 Å². The molecule has 0 aliphatic rings. The van der Waals surface area contributed by atoms with Gasteiger partial charge in [-0.3, -0.25) is 0 Å². The lowest BCUT2D eigenvalue weighted by molar-refractivity contribution is 1.25. The summed E-state index contributed by atoms with van der Waals surface area (Å²) in [5.74, 6) is 5.52. The molecule has 0 N–H and O–H groups in total. The van der Waals surface area contributed by atoms with Gasteiger partial charge < -0.3 is 0 Å². The van der Waals surface area contributed by atoms with Crippen LogP contribution in [0.4, 0.5) is 0 Å². The maximum atomic E-state index is 7.98. The Hall–Kier alpha value is -1.62. The van der Waals surface area contributed by atoms with E-state index in [1.54, 1.807) is 12.1 Å². The van der Waals surface area contributed by atoms with Gasteiger partial charge in [0.25, 0.3) is 0 Å². The average molecular weight is 192 g/mol. The lowest BCUT2D eigenvalue weighted by Crippen LogP contribution is -1.74. The third-order valence-corrected chi connectivity index (χ3v) is 1.51. The Bertz CT molecular complexity index is 397. The molecule has 1 aromatic carbocycles. The molecule has 0 unspecified atom stereocenters. The predicted octanol–water partition coefficient (Wildman–Crippen LogP) is 3.00. The van der Waals surface area contributed by atoms with Crippen LogP contribution in [-0.2, 0) is 0 Å². The second kappa shape index (κ2) is 5.10. The van der Waals surface area contributed by atoms with Gasteiger partial charge in [0, 0.05) is 15.5 Å². The van der Waals surface area contributed by atoms with Gasteiger partial charge in [-0.15, -0.1) is 0 Å². The molecular formula is C9H6ClN3. The molecule has 0 aliphatic heterocycles. The molecule has 0 aromatic heterocycles. The lowest BCUT2D eigenvalue weighted by Gasteiger charge is -1.89. The summed E-state index contributed by atoms with van der Waals surface area (Å²) in [6, 6.07) is 7.19. The third-order valence-electron chi connectivity index (χ3n) is 1.27. The van der Waals surface area contributed by atoms with Gasteiger partial charge in [-0.1, -0.05) is 34.6 Å². The largest absolute Gasteiger partial charge is 0.0919 e. The number of benzene rings is 1. The minimum atomic E-state index is 0.184. The van der Waals surface area contributed by atoms with Gasteiger partial charge in [0.2, 0.25) is 0 Å². The normalized spacial score (nSPS) is 8.08. The van der Waals surface area contributed by atoms with E-state index in [0.717, 1.165) is 5.56 Å². The van der Waals surface area contributed by atoms with Gasteiger partial charge in [-0.25, -0.2) is 0 Å². The van der Waals surface area contributed by atoms with Crippen LogP contribution < -0.4 is 0 Å². The number of rotatable bonds is 1. The van der Waals surface area contributed by atoms with Crippen molar-refractivity contribution in [1.29, 1.82) is 0 Å². The molecule has 64 valence electrons. The zero-order chi connectivity index (χ0) is 9.52. The van der Waals surface area contributed by atoms with E-state index in [1.807, 2.05) is 12.1 Å². The fourth-order valence-electron chi connectivity index (χ4n) is 0.775. The van der Waals surface area contributed by atoms with Crippen LogP contribution >= 0.6 is 11.6 Å². The van der Waals surface area contributed by atoms with Gasteiger partial charge in [0.1, 0.15) is 0 Å². The topological polar surface area (TPSA) is 48.8 Å². The van der Waals surface area contributed by atoms with Crippen molar-refractivity contribution in [3.8, 4) is 11.8 Å². The van der Waals surface area contributed by atoms with Crippen molar-refractivity contribution in [1.82, 2.24) is 0 Å². The third kappa shape index (κ3) is 3.53. The van der Waals surface area contributed by atoms with E-state index in [4.69, 9.17) is 17.1 Å². The van der Waals surface area contributed by atoms with Crippen LogP contribution in [0.3, 0.4) is 0 Å². The Morgan fingerprint density at radius 2 is 2.38 bits per heavy atom. The van der Waals surface area contributed by atoms with E-state index >= 15 is 0 Å². The second-order valence-corrected chi connectivity index (χ2v) is 2.64. The van der Waals surface area contributed by atoms with Crippen LogP contribution in [0.25, 0.3) is 10.4 Å². The first-order valence-electron chi connectivity index (χ1n) is 3.58. The maximum absolute atomic E-state index is 7.98. The van der Waals surface area contributed by atoms with Crippen LogP contribution in [0.1, 0.15) is 5.56 Å². The summed E-state index contributed by atoms with van der Waals surface area (Å²) in [5, 5.41) is 3.93. The summed E-state index contributed by atoms with van der Waals surface area (Å²) in [4.78, 5) is 2.58. The number of hydrogen-bond acceptors (Lipinski definition) is 1. The molecule has 0 atom stereocenters. The highest BCUT2D eigenvalue weighted by molar-refractivity contribution is 6.30. The Kier molecular flexibility index (Phi) is 3.72. The molecule has 1 rings (SSSR count). The van der Waals surface area contributed by atoms with Crippen molar-refractivity contribution in [2.45, 2.75) is 0 Å². The van der Waals surface area contributed by atoms with Crippen molar-refractivity contribution < 1.29 is 0 Å². The molecule has 0 spiro atoms. The molecule has 0 heterocycles. The van der Waals surface area contributed by atoms with E-state index in [0.29, 0.717) is 5.02 Å². The first kappa shape index (κ1) is 9.47. The Balaban J connectivity index is 2.71. The highest BCUT2D eigenvalue weighted by atomic mass is 35.5. The summed E-state index contributed by atoms with van der Waals surface area (Å²) in [6.45, 7) is 0.184. The minimum Gasteiger partial charge on any atom is -0.0919 e. The molecule has 0 aliphatic carbocycles. The monoisotopic (exact) mass is 191 g/mol. The Morgan fingerprint density at radius 3 is 3.08 bits per heavy atom. The van der Waals surface area contributed by atoms with E-state index < -0.39 is 0 Å². The summed E-state index contributed by atoms with van der Waals surface area (Å²) in [6.07, 6.45) is 0. The molecule has 3 nitrogen and oxygen atoms in total. The van der Waals surface area contributed by atoms with Gasteiger partial charge in [-0.2, -0.15) is 0 Å². The van der Waals surface area contributed by atoms with Crippen LogP contribution in [0, 0.1) is 11.8 Å². The summed E-state index contributed by atoms with van der Waals surface area (Å²) in [7, 11) is 0. The molecule has 0 saturated carbocycles. The molecule has 0 bridgehead atoms. The first-order chi connectivity index (χ1) is 6.33. The number of halogens is 1. The van der Waals surface area contributed by atoms with Gasteiger partial charge in [0.15, 0.2) is 0 Å². The quantitative estimate of drug-likeness (QED) is 0.284. The molecule has 0 amide bonds. The van der Waals surface area contributed by atoms with E-state index in [-0.39, 0.29) is 6.54 Å². The fraction of sp³-hybridized carbons (Fsp3) is 0.111. The molecule has 0 saturated heterocycles. The molecule has 0 radical (unpaired) electrons. The molecular weight excluding hydrogens is 186 g/mol. The number of azide groups is 1. The molecule has 1 aromatic rings. The van der Waals surface area contributed by atoms with E-state index in [2.05, 4.69) is 21.9 Å². The highest BCUT2D eigenvalue weighted by Gasteiger charge is 1.87. The van der Waals surface area contributed by atoms with Crippen LogP contribution in [-0.4, -0.2) is 6.54 Å². The van der Waals surface area contributed by atoms with Gasteiger partial charge >= 0.3 is 0 Å². The Morgan fingerprint density at radius 1 is 1.54 bits per heavy atom. The van der Waals surface area contributed by atoms with Gasteiger partial charge in [-0.05, 0) is 23.7 Å². The van der Waals surface area contributed by atoms with E-state index in [9.17, 15) is 0 Å². The zero-order valence-corrected chi connectivity index (χ0v) is 7.49. The van der Waals surface area contributed by atoms with Crippen molar-refractivity contribution in [3.05, 3.63) is 45.3 Å². The second-order valence-electron chi connectivity index (χ2n) is 2.20. The predicted molar refractivity (Wildman–Crippen MR) is 52.3 cm³/mol. The zero-order valence-electron chi connectivity index (χ0n) is 6.74. The first-order valence-corrected chi connectivity index (χ1v) is 3.96. The summed E-state index contributed by atoms with van der Waals surface area (Å²) >= 11 is 5.74. The highest BCUT2D eigenvalue weighted by Crippen LogP contribution is 2.09.